The number of nitrogens with zero attached hydrogens (tertiary/aromatic N) is 2. The molecule has 1 N–H and O–H groups in total. The maximum absolute atomic E-state index is 12.1. The van der Waals surface area contributed by atoms with Crippen LogP contribution in [0.4, 0.5) is 0 Å². The van der Waals surface area contributed by atoms with Gasteiger partial charge in [0.15, 0.2) is 5.03 Å². The Hall–Kier alpha value is -0.940. The first-order valence-corrected chi connectivity index (χ1v) is 10.3. The van der Waals surface area contributed by atoms with Crippen LogP contribution in [0.1, 0.15) is 17.8 Å². The summed E-state index contributed by atoms with van der Waals surface area (Å²) in [5, 5.41) is -0.0985. The number of sulfonamides is 1. The van der Waals surface area contributed by atoms with Crippen molar-refractivity contribution in [2.24, 2.45) is 7.05 Å². The van der Waals surface area contributed by atoms with Crippen molar-refractivity contribution in [1.29, 1.82) is 0 Å². The van der Waals surface area contributed by atoms with Crippen LogP contribution in [-0.4, -0.2) is 26.4 Å². The SMILES string of the molecule is CC(NS(=O)(=O)c1cn(C)cn1)c1ccc(S(=O)(=O)Cl)s1. The number of aryl methyl sites for hydroxylation is 1. The normalized spacial score (nSPS) is 14.2. The average molecular weight is 370 g/mol. The average Bonchev–Trinajstić information content (AvgIpc) is 2.95. The number of hydrogen-bond donors (Lipinski definition) is 1. The Balaban J connectivity index is 2.22. The van der Waals surface area contributed by atoms with Crippen LogP contribution in [0.25, 0.3) is 0 Å². The van der Waals surface area contributed by atoms with Crippen LogP contribution >= 0.6 is 22.0 Å². The molecule has 21 heavy (non-hydrogen) atoms. The molecule has 0 aliphatic heterocycles. The molecule has 11 heteroatoms. The smallest absolute Gasteiger partial charge is 0.270 e. The van der Waals surface area contributed by atoms with E-state index in [-0.39, 0.29) is 9.24 Å². The molecular weight excluding hydrogens is 358 g/mol. The molecule has 0 aromatic carbocycles. The molecule has 2 aromatic rings. The number of rotatable bonds is 5. The van der Waals surface area contributed by atoms with Crippen molar-refractivity contribution >= 4 is 41.1 Å². The van der Waals surface area contributed by atoms with Gasteiger partial charge in [0, 0.05) is 28.8 Å². The number of halogens is 1. The summed E-state index contributed by atoms with van der Waals surface area (Å²) in [4.78, 5) is 4.31. The molecule has 2 aromatic heterocycles. The molecule has 0 radical (unpaired) electrons. The third-order valence-electron chi connectivity index (χ3n) is 2.56. The van der Waals surface area contributed by atoms with E-state index in [1.54, 1.807) is 14.0 Å². The molecule has 7 nitrogen and oxygen atoms in total. The van der Waals surface area contributed by atoms with Gasteiger partial charge in [-0.2, -0.15) is 0 Å². The van der Waals surface area contributed by atoms with Gasteiger partial charge in [0.1, 0.15) is 4.21 Å². The molecule has 0 amide bonds. The van der Waals surface area contributed by atoms with Gasteiger partial charge in [-0.3, -0.25) is 0 Å². The standard InChI is InChI=1S/C10H12ClN3O4S3/c1-7(8-3-4-10(19-8)20(11,15)16)13-21(17,18)9-5-14(2)6-12-9/h3-7,13H,1-2H3. The van der Waals surface area contributed by atoms with E-state index in [0.717, 1.165) is 11.3 Å². The van der Waals surface area contributed by atoms with E-state index < -0.39 is 25.1 Å². The van der Waals surface area contributed by atoms with Crippen molar-refractivity contribution in [3.63, 3.8) is 0 Å². The third kappa shape index (κ3) is 3.83. The molecule has 1 atom stereocenters. The van der Waals surface area contributed by atoms with Gasteiger partial charge in [-0.1, -0.05) is 0 Å². The zero-order valence-corrected chi connectivity index (χ0v) is 14.2. The summed E-state index contributed by atoms with van der Waals surface area (Å²) in [6.07, 6.45) is 2.75. The lowest BCUT2D eigenvalue weighted by molar-refractivity contribution is 0.565. The van der Waals surface area contributed by atoms with E-state index in [9.17, 15) is 16.8 Å². The molecule has 116 valence electrons. The maximum Gasteiger partial charge on any atom is 0.270 e. The fourth-order valence-electron chi connectivity index (χ4n) is 1.58. The quantitative estimate of drug-likeness (QED) is 0.804. The zero-order valence-electron chi connectivity index (χ0n) is 11.0. The van der Waals surface area contributed by atoms with Crippen molar-refractivity contribution in [2.45, 2.75) is 22.2 Å². The van der Waals surface area contributed by atoms with E-state index in [0.29, 0.717) is 4.88 Å². The number of thiophene rings is 1. The van der Waals surface area contributed by atoms with Crippen molar-refractivity contribution in [1.82, 2.24) is 14.3 Å². The Morgan fingerprint density at radius 1 is 1.33 bits per heavy atom. The van der Waals surface area contributed by atoms with E-state index in [4.69, 9.17) is 10.7 Å². The largest absolute Gasteiger partial charge is 0.339 e. The fourth-order valence-corrected chi connectivity index (χ4v) is 4.95. The number of imidazole rings is 1. The highest BCUT2D eigenvalue weighted by molar-refractivity contribution is 8.15. The zero-order chi connectivity index (χ0) is 15.8. The van der Waals surface area contributed by atoms with Crippen LogP contribution in [0, 0.1) is 0 Å². The predicted molar refractivity (Wildman–Crippen MR) is 79.3 cm³/mol. The maximum atomic E-state index is 12.1. The molecule has 1 unspecified atom stereocenters. The number of hydrogen-bond acceptors (Lipinski definition) is 6. The highest BCUT2D eigenvalue weighted by Gasteiger charge is 2.23. The third-order valence-corrected chi connectivity index (χ3v) is 7.34. The van der Waals surface area contributed by atoms with Gasteiger partial charge in [-0.15, -0.1) is 11.3 Å². The van der Waals surface area contributed by atoms with E-state index >= 15 is 0 Å². The molecule has 0 spiro atoms. The van der Waals surface area contributed by atoms with Gasteiger partial charge in [-0.05, 0) is 19.1 Å². The summed E-state index contributed by atoms with van der Waals surface area (Å²) in [5.74, 6) is 0. The fraction of sp³-hybridized carbons (Fsp3) is 0.300. The molecule has 0 saturated heterocycles. The lowest BCUT2D eigenvalue weighted by atomic mass is 10.3. The van der Waals surface area contributed by atoms with E-state index in [2.05, 4.69) is 9.71 Å². The van der Waals surface area contributed by atoms with Gasteiger partial charge in [0.05, 0.1) is 12.4 Å². The number of aromatic nitrogens is 2. The van der Waals surface area contributed by atoms with Gasteiger partial charge in [0.25, 0.3) is 19.1 Å². The Labute approximate surface area is 131 Å². The van der Waals surface area contributed by atoms with Crippen LogP contribution in [-0.2, 0) is 26.1 Å². The summed E-state index contributed by atoms with van der Waals surface area (Å²) in [5.41, 5.74) is 0. The van der Waals surface area contributed by atoms with Crippen molar-refractivity contribution < 1.29 is 16.8 Å². The lowest BCUT2D eigenvalue weighted by Gasteiger charge is -2.10. The van der Waals surface area contributed by atoms with Gasteiger partial charge >= 0.3 is 0 Å². The second-order valence-electron chi connectivity index (χ2n) is 4.31. The number of nitrogens with one attached hydrogen (secondary N) is 1. The molecule has 0 aliphatic carbocycles. The topological polar surface area (TPSA) is 98.1 Å². The summed E-state index contributed by atoms with van der Waals surface area (Å²) in [6, 6.07) is 2.26. The Morgan fingerprint density at radius 3 is 2.48 bits per heavy atom. The predicted octanol–water partition coefficient (Wildman–Crippen LogP) is 1.45. The highest BCUT2D eigenvalue weighted by atomic mass is 35.7. The summed E-state index contributed by atoms with van der Waals surface area (Å²) >= 11 is 0.917. The molecule has 0 bridgehead atoms. The van der Waals surface area contributed by atoms with Crippen LogP contribution in [0.3, 0.4) is 0 Å². The molecule has 2 rings (SSSR count). The Bertz CT molecular complexity index is 854. The summed E-state index contributed by atoms with van der Waals surface area (Å²) < 4.78 is 50.5. The second kappa shape index (κ2) is 5.69. The van der Waals surface area contributed by atoms with Crippen LogP contribution < -0.4 is 4.72 Å². The van der Waals surface area contributed by atoms with Crippen molar-refractivity contribution in [3.8, 4) is 0 Å². The minimum atomic E-state index is -3.81. The lowest BCUT2D eigenvalue weighted by Crippen LogP contribution is -2.26. The first-order chi connectivity index (χ1) is 9.59. The molecule has 0 aliphatic rings. The highest BCUT2D eigenvalue weighted by Crippen LogP contribution is 2.29. The summed E-state index contributed by atoms with van der Waals surface area (Å²) in [6.45, 7) is 1.61. The minimum Gasteiger partial charge on any atom is -0.339 e. The first-order valence-electron chi connectivity index (χ1n) is 5.64. The Kier molecular flexibility index (Phi) is 4.45. The molecule has 2 heterocycles. The van der Waals surface area contributed by atoms with Crippen molar-refractivity contribution in [2.75, 3.05) is 0 Å². The first kappa shape index (κ1) is 16.4. The minimum absolute atomic E-state index is 0.0250. The summed E-state index contributed by atoms with van der Waals surface area (Å²) in [7, 11) is -0.682. The van der Waals surface area contributed by atoms with Gasteiger partial charge in [-0.25, -0.2) is 26.5 Å². The monoisotopic (exact) mass is 369 g/mol. The van der Waals surface area contributed by atoms with Crippen LogP contribution in [0.15, 0.2) is 33.9 Å². The van der Waals surface area contributed by atoms with Crippen LogP contribution in [0.5, 0.6) is 0 Å². The van der Waals surface area contributed by atoms with Gasteiger partial charge in [0.2, 0.25) is 0 Å². The van der Waals surface area contributed by atoms with E-state index in [1.807, 2.05) is 0 Å². The van der Waals surface area contributed by atoms with E-state index in [1.165, 1.54) is 29.2 Å². The van der Waals surface area contributed by atoms with Crippen molar-refractivity contribution in [3.05, 3.63) is 29.5 Å². The molecular formula is C10H12ClN3O4S3. The second-order valence-corrected chi connectivity index (χ2v) is 9.88. The van der Waals surface area contributed by atoms with Crippen LogP contribution in [0.2, 0.25) is 0 Å². The molecule has 0 fully saturated rings. The Morgan fingerprint density at radius 2 is 2.00 bits per heavy atom. The van der Waals surface area contributed by atoms with Gasteiger partial charge < -0.3 is 4.57 Å². The molecule has 0 saturated carbocycles.